The highest BCUT2D eigenvalue weighted by molar-refractivity contribution is 9.10. The van der Waals surface area contributed by atoms with Crippen LogP contribution in [0.3, 0.4) is 0 Å². The summed E-state index contributed by atoms with van der Waals surface area (Å²) in [6.45, 7) is 8.67. The van der Waals surface area contributed by atoms with Crippen molar-refractivity contribution in [1.82, 2.24) is 0 Å². The zero-order valence-electron chi connectivity index (χ0n) is 14.1. The van der Waals surface area contributed by atoms with Crippen molar-refractivity contribution in [1.29, 1.82) is 0 Å². The molecule has 0 bridgehead atoms. The van der Waals surface area contributed by atoms with Gasteiger partial charge in [-0.15, -0.1) is 0 Å². The maximum absolute atomic E-state index is 3.65. The van der Waals surface area contributed by atoms with E-state index in [1.165, 1.54) is 44.5 Å². The van der Waals surface area contributed by atoms with E-state index >= 15 is 0 Å². The van der Waals surface area contributed by atoms with Crippen molar-refractivity contribution in [3.05, 3.63) is 81.3 Å². The highest BCUT2D eigenvalue weighted by atomic mass is 79.9. The van der Waals surface area contributed by atoms with Gasteiger partial charge in [-0.05, 0) is 78.3 Å². The van der Waals surface area contributed by atoms with Crippen molar-refractivity contribution < 1.29 is 0 Å². The fourth-order valence-corrected chi connectivity index (χ4v) is 3.31. The summed E-state index contributed by atoms with van der Waals surface area (Å²) in [6.07, 6.45) is 0. The van der Waals surface area contributed by atoms with Crippen LogP contribution in [-0.4, -0.2) is 0 Å². The van der Waals surface area contributed by atoms with Crippen molar-refractivity contribution in [3.8, 4) is 22.3 Å². The summed E-state index contributed by atoms with van der Waals surface area (Å²) in [5, 5.41) is 0. The van der Waals surface area contributed by atoms with Gasteiger partial charge in [0.1, 0.15) is 0 Å². The molecule has 0 atom stereocenters. The Morgan fingerprint density at radius 1 is 0.609 bits per heavy atom. The van der Waals surface area contributed by atoms with Crippen LogP contribution < -0.4 is 0 Å². The lowest BCUT2D eigenvalue weighted by atomic mass is 9.91. The summed E-state index contributed by atoms with van der Waals surface area (Å²) < 4.78 is 1.16. The van der Waals surface area contributed by atoms with Gasteiger partial charge >= 0.3 is 0 Å². The van der Waals surface area contributed by atoms with E-state index in [0.717, 1.165) is 4.47 Å². The summed E-state index contributed by atoms with van der Waals surface area (Å²) >= 11 is 3.65. The molecule has 0 saturated carbocycles. The van der Waals surface area contributed by atoms with Crippen LogP contribution in [0.2, 0.25) is 0 Å². The fourth-order valence-electron chi connectivity index (χ4n) is 2.93. The number of hydrogen-bond donors (Lipinski definition) is 0. The van der Waals surface area contributed by atoms with Gasteiger partial charge in [0.2, 0.25) is 0 Å². The number of benzene rings is 3. The Balaban J connectivity index is 2.14. The van der Waals surface area contributed by atoms with E-state index in [1.807, 2.05) is 0 Å². The fraction of sp³-hybridized carbons (Fsp3) is 0.182. The van der Waals surface area contributed by atoms with Gasteiger partial charge in [-0.3, -0.25) is 0 Å². The van der Waals surface area contributed by atoms with Gasteiger partial charge in [0.25, 0.3) is 0 Å². The van der Waals surface area contributed by atoms with E-state index in [-0.39, 0.29) is 0 Å². The zero-order chi connectivity index (χ0) is 16.6. The molecule has 23 heavy (non-hydrogen) atoms. The van der Waals surface area contributed by atoms with Crippen LogP contribution in [0.15, 0.2) is 59.1 Å². The van der Waals surface area contributed by atoms with Crippen molar-refractivity contribution in [2.75, 3.05) is 0 Å². The van der Waals surface area contributed by atoms with Crippen LogP contribution in [0, 0.1) is 27.7 Å². The summed E-state index contributed by atoms with van der Waals surface area (Å²) in [4.78, 5) is 0. The second-order valence-electron chi connectivity index (χ2n) is 6.24. The molecule has 0 amide bonds. The van der Waals surface area contributed by atoms with Crippen LogP contribution in [0.4, 0.5) is 0 Å². The lowest BCUT2D eigenvalue weighted by molar-refractivity contribution is 1.33. The van der Waals surface area contributed by atoms with Crippen molar-refractivity contribution in [2.24, 2.45) is 0 Å². The van der Waals surface area contributed by atoms with Crippen LogP contribution in [0.1, 0.15) is 22.3 Å². The second kappa shape index (κ2) is 6.33. The molecule has 0 aliphatic heterocycles. The van der Waals surface area contributed by atoms with Gasteiger partial charge in [-0.2, -0.15) is 0 Å². The molecule has 0 spiro atoms. The molecular weight excluding hydrogens is 344 g/mol. The standard InChI is InChI=1S/C22H21Br/c1-14-8-10-18(12-16(14)3)20-6-5-7-21(17(20)4)19-11-9-15(2)22(23)13-19/h5-13H,1-4H3. The van der Waals surface area contributed by atoms with E-state index in [1.54, 1.807) is 0 Å². The first-order valence-electron chi connectivity index (χ1n) is 7.91. The molecule has 0 aromatic heterocycles. The third-order valence-corrected chi connectivity index (χ3v) is 5.49. The highest BCUT2D eigenvalue weighted by Gasteiger charge is 2.09. The lowest BCUT2D eigenvalue weighted by Crippen LogP contribution is -1.90. The number of rotatable bonds is 2. The minimum Gasteiger partial charge on any atom is -0.0610 e. The summed E-state index contributed by atoms with van der Waals surface area (Å²) in [5.74, 6) is 0. The van der Waals surface area contributed by atoms with E-state index in [4.69, 9.17) is 0 Å². The van der Waals surface area contributed by atoms with E-state index in [0.29, 0.717) is 0 Å². The van der Waals surface area contributed by atoms with Crippen molar-refractivity contribution in [3.63, 3.8) is 0 Å². The Morgan fingerprint density at radius 2 is 1.17 bits per heavy atom. The predicted octanol–water partition coefficient (Wildman–Crippen LogP) is 7.02. The topological polar surface area (TPSA) is 0 Å². The molecule has 0 N–H and O–H groups in total. The average molecular weight is 365 g/mol. The largest absolute Gasteiger partial charge is 0.0610 e. The number of halogens is 1. The Morgan fingerprint density at radius 3 is 1.74 bits per heavy atom. The molecule has 0 heterocycles. The molecule has 0 aliphatic rings. The smallest absolute Gasteiger partial charge is 0.0210 e. The summed E-state index contributed by atoms with van der Waals surface area (Å²) in [5.41, 5.74) is 10.4. The number of hydrogen-bond acceptors (Lipinski definition) is 0. The van der Waals surface area contributed by atoms with Gasteiger partial charge in [0, 0.05) is 4.47 Å². The van der Waals surface area contributed by atoms with Gasteiger partial charge in [-0.25, -0.2) is 0 Å². The van der Waals surface area contributed by atoms with Gasteiger partial charge in [0.15, 0.2) is 0 Å². The second-order valence-corrected chi connectivity index (χ2v) is 7.10. The SMILES string of the molecule is Cc1ccc(-c2cccc(-c3ccc(C)c(Br)c3)c2C)cc1C. The van der Waals surface area contributed by atoms with Crippen molar-refractivity contribution >= 4 is 15.9 Å². The molecule has 0 radical (unpaired) electrons. The third-order valence-electron chi connectivity index (χ3n) is 4.63. The molecule has 0 fully saturated rings. The van der Waals surface area contributed by atoms with Crippen LogP contribution in [0.5, 0.6) is 0 Å². The minimum absolute atomic E-state index is 1.16. The van der Waals surface area contributed by atoms with Crippen LogP contribution in [-0.2, 0) is 0 Å². The maximum atomic E-state index is 3.65. The molecule has 3 aromatic carbocycles. The predicted molar refractivity (Wildman–Crippen MR) is 104 cm³/mol. The van der Waals surface area contributed by atoms with Crippen LogP contribution in [0.25, 0.3) is 22.3 Å². The van der Waals surface area contributed by atoms with E-state index in [9.17, 15) is 0 Å². The zero-order valence-corrected chi connectivity index (χ0v) is 15.7. The quantitative estimate of drug-likeness (QED) is 0.458. The Bertz CT molecular complexity index is 805. The summed E-state index contributed by atoms with van der Waals surface area (Å²) in [6, 6.07) is 19.9. The Hall–Kier alpha value is -1.86. The third kappa shape index (κ3) is 3.11. The normalized spacial score (nSPS) is 10.8. The molecular formula is C22H21Br. The van der Waals surface area contributed by atoms with Crippen LogP contribution >= 0.6 is 15.9 Å². The molecule has 0 aliphatic carbocycles. The lowest BCUT2D eigenvalue weighted by Gasteiger charge is -2.14. The molecule has 0 unspecified atom stereocenters. The van der Waals surface area contributed by atoms with Gasteiger partial charge in [-0.1, -0.05) is 64.5 Å². The minimum atomic E-state index is 1.16. The van der Waals surface area contributed by atoms with E-state index in [2.05, 4.69) is 98.2 Å². The highest BCUT2D eigenvalue weighted by Crippen LogP contribution is 2.34. The van der Waals surface area contributed by atoms with Crippen molar-refractivity contribution in [2.45, 2.75) is 27.7 Å². The molecule has 116 valence electrons. The first-order chi connectivity index (χ1) is 11.0. The molecule has 1 heteroatoms. The molecule has 3 rings (SSSR count). The van der Waals surface area contributed by atoms with Gasteiger partial charge < -0.3 is 0 Å². The van der Waals surface area contributed by atoms with E-state index < -0.39 is 0 Å². The average Bonchev–Trinajstić information content (AvgIpc) is 2.53. The first-order valence-corrected chi connectivity index (χ1v) is 8.70. The number of aryl methyl sites for hydroxylation is 3. The summed E-state index contributed by atoms with van der Waals surface area (Å²) in [7, 11) is 0. The molecule has 3 aromatic rings. The van der Waals surface area contributed by atoms with Gasteiger partial charge in [0.05, 0.1) is 0 Å². The maximum Gasteiger partial charge on any atom is 0.0210 e. The monoisotopic (exact) mass is 364 g/mol. The Kier molecular flexibility index (Phi) is 4.41. The first kappa shape index (κ1) is 16.0. The molecule has 0 saturated heterocycles. The Labute approximate surface area is 147 Å². The molecule has 0 nitrogen and oxygen atoms in total.